The minimum Gasteiger partial charge on any atom is -0.452 e. The third-order valence-electron chi connectivity index (χ3n) is 4.25. The van der Waals surface area contributed by atoms with E-state index >= 15 is 0 Å². The molecule has 0 atom stereocenters. The highest BCUT2D eigenvalue weighted by atomic mass is 16.4. The first kappa shape index (κ1) is 15.7. The Kier molecular flexibility index (Phi) is 3.93. The predicted molar refractivity (Wildman–Crippen MR) is 102 cm³/mol. The summed E-state index contributed by atoms with van der Waals surface area (Å²) < 4.78 is 12.1. The maximum Gasteiger partial charge on any atom is 0.230 e. The molecule has 0 fully saturated rings. The van der Waals surface area contributed by atoms with Crippen LogP contribution < -0.4 is 10.2 Å². The van der Waals surface area contributed by atoms with Gasteiger partial charge in [0.05, 0.1) is 17.4 Å². The molecule has 4 aromatic rings. The molecule has 128 valence electrons. The van der Waals surface area contributed by atoms with Crippen LogP contribution in [0, 0.1) is 6.92 Å². The summed E-state index contributed by atoms with van der Waals surface area (Å²) in [5.74, 6) is 0. The van der Waals surface area contributed by atoms with Gasteiger partial charge < -0.3 is 19.1 Å². The summed E-state index contributed by atoms with van der Waals surface area (Å²) in [5, 5.41) is 5.08. The van der Waals surface area contributed by atoms with Gasteiger partial charge in [-0.15, -0.1) is 0 Å². The van der Waals surface area contributed by atoms with Crippen LogP contribution in [0.15, 0.2) is 51.4 Å². The molecule has 0 aliphatic rings. The molecular weight excluding hydrogens is 314 g/mol. The monoisotopic (exact) mass is 335 g/mol. The number of pyridine rings is 1. The van der Waals surface area contributed by atoms with Crippen molar-refractivity contribution in [1.82, 2.24) is 10.3 Å². The molecule has 0 saturated heterocycles. The van der Waals surface area contributed by atoms with Gasteiger partial charge in [-0.3, -0.25) is 0 Å². The number of benzene rings is 1. The minimum atomic E-state index is 0.627. The van der Waals surface area contributed by atoms with Crippen molar-refractivity contribution in [2.45, 2.75) is 20.3 Å². The van der Waals surface area contributed by atoms with Crippen LogP contribution in [-0.2, 0) is 0 Å². The molecule has 0 saturated carbocycles. The fraction of sp³-hybridized carbons (Fsp3) is 0.250. The van der Waals surface area contributed by atoms with Crippen molar-refractivity contribution in [2.24, 2.45) is 0 Å². The van der Waals surface area contributed by atoms with Gasteiger partial charge in [-0.1, -0.05) is 13.0 Å². The van der Waals surface area contributed by atoms with Crippen LogP contribution >= 0.6 is 0 Å². The van der Waals surface area contributed by atoms with Crippen LogP contribution in [0.1, 0.15) is 19.0 Å². The lowest BCUT2D eigenvalue weighted by atomic mass is 10.2. The van der Waals surface area contributed by atoms with Gasteiger partial charge in [0.25, 0.3) is 0 Å². The van der Waals surface area contributed by atoms with Crippen molar-refractivity contribution >= 4 is 38.9 Å². The number of hydrogen-bond acceptors (Lipinski definition) is 5. The van der Waals surface area contributed by atoms with Crippen LogP contribution in [0.3, 0.4) is 0 Å². The molecule has 0 unspecified atom stereocenters. The Labute approximate surface area is 145 Å². The highest BCUT2D eigenvalue weighted by molar-refractivity contribution is 6.12. The molecule has 3 aromatic heterocycles. The largest absolute Gasteiger partial charge is 0.452 e. The first-order valence-electron chi connectivity index (χ1n) is 8.51. The number of hydrogen-bond donors (Lipinski definition) is 1. The third kappa shape index (κ3) is 2.66. The first-order chi connectivity index (χ1) is 12.2. The van der Waals surface area contributed by atoms with E-state index in [9.17, 15) is 0 Å². The van der Waals surface area contributed by atoms with Crippen molar-refractivity contribution in [3.05, 3.63) is 48.3 Å². The van der Waals surface area contributed by atoms with E-state index in [2.05, 4.69) is 46.5 Å². The smallest absolute Gasteiger partial charge is 0.230 e. The summed E-state index contributed by atoms with van der Waals surface area (Å²) in [6.07, 6.45) is 5.22. The van der Waals surface area contributed by atoms with Crippen LogP contribution in [-0.4, -0.2) is 18.7 Å². The summed E-state index contributed by atoms with van der Waals surface area (Å²) in [4.78, 5) is 6.59. The number of rotatable bonds is 5. The van der Waals surface area contributed by atoms with E-state index in [4.69, 9.17) is 8.83 Å². The lowest BCUT2D eigenvalue weighted by Crippen LogP contribution is -2.27. The molecule has 0 bridgehead atoms. The van der Waals surface area contributed by atoms with E-state index in [1.54, 1.807) is 0 Å². The molecule has 0 amide bonds. The van der Waals surface area contributed by atoms with Gasteiger partial charge in [-0.25, -0.2) is 4.98 Å². The number of nitrogens with one attached hydrogen (secondary N) is 1. The minimum absolute atomic E-state index is 0.627. The molecule has 0 aliphatic carbocycles. The Morgan fingerprint density at radius 3 is 2.72 bits per heavy atom. The Hall–Kier alpha value is -2.79. The van der Waals surface area contributed by atoms with Gasteiger partial charge in [0, 0.05) is 23.6 Å². The molecule has 0 spiro atoms. The van der Waals surface area contributed by atoms with Crippen LogP contribution in [0.4, 0.5) is 5.69 Å². The molecular formula is C20H21N3O2. The quantitative estimate of drug-likeness (QED) is 0.523. The van der Waals surface area contributed by atoms with Gasteiger partial charge in [-0.2, -0.15) is 0 Å². The molecule has 5 heteroatoms. The second-order valence-electron chi connectivity index (χ2n) is 6.12. The second-order valence-corrected chi connectivity index (χ2v) is 6.12. The zero-order chi connectivity index (χ0) is 17.4. The van der Waals surface area contributed by atoms with Crippen LogP contribution in [0.5, 0.6) is 0 Å². The standard InChI is InChI=1S/C20H21N3O2/c1-4-5-10-23(12-21-3)14-7-9-15-17(11-14)24-19-16-8-6-13(2)22-20(16)25-18(15)19/h5-11,21H,4,12H2,1-3H3/b10-5-. The van der Waals surface area contributed by atoms with Crippen molar-refractivity contribution in [2.75, 3.05) is 18.6 Å². The Balaban J connectivity index is 1.85. The normalized spacial score (nSPS) is 12.1. The van der Waals surface area contributed by atoms with E-state index in [-0.39, 0.29) is 0 Å². The summed E-state index contributed by atoms with van der Waals surface area (Å²) >= 11 is 0. The van der Waals surface area contributed by atoms with Crippen molar-refractivity contribution in [3.8, 4) is 0 Å². The molecule has 0 aliphatic heterocycles. The Bertz CT molecular complexity index is 1070. The molecule has 25 heavy (non-hydrogen) atoms. The number of aryl methyl sites for hydroxylation is 1. The zero-order valence-electron chi connectivity index (χ0n) is 14.7. The van der Waals surface area contributed by atoms with Crippen molar-refractivity contribution in [3.63, 3.8) is 0 Å². The predicted octanol–water partition coefficient (Wildman–Crippen LogP) is 4.94. The van der Waals surface area contributed by atoms with E-state index in [1.165, 1.54) is 0 Å². The first-order valence-corrected chi connectivity index (χ1v) is 8.51. The van der Waals surface area contributed by atoms with Crippen molar-refractivity contribution in [1.29, 1.82) is 0 Å². The molecule has 1 N–H and O–H groups in total. The summed E-state index contributed by atoms with van der Waals surface area (Å²) in [6.45, 7) is 4.80. The average Bonchev–Trinajstić information content (AvgIpc) is 3.13. The van der Waals surface area contributed by atoms with Gasteiger partial charge in [0.2, 0.25) is 5.71 Å². The van der Waals surface area contributed by atoms with E-state index < -0.39 is 0 Å². The lowest BCUT2D eigenvalue weighted by molar-refractivity contribution is 0.644. The Morgan fingerprint density at radius 1 is 1.12 bits per heavy atom. The SMILES string of the molecule is CC/C=C\N(CNC)c1ccc2c(c1)oc1c3ccc(C)nc3oc21. The number of anilines is 1. The van der Waals surface area contributed by atoms with Crippen LogP contribution in [0.25, 0.3) is 33.2 Å². The molecule has 4 rings (SSSR count). The van der Waals surface area contributed by atoms with E-state index in [0.29, 0.717) is 5.71 Å². The van der Waals surface area contributed by atoms with Gasteiger partial charge in [0.15, 0.2) is 11.2 Å². The van der Waals surface area contributed by atoms with Gasteiger partial charge in [-0.05, 0) is 44.7 Å². The summed E-state index contributed by atoms with van der Waals surface area (Å²) in [7, 11) is 1.94. The molecule has 1 aromatic carbocycles. The average molecular weight is 335 g/mol. The van der Waals surface area contributed by atoms with Crippen molar-refractivity contribution < 1.29 is 8.83 Å². The van der Waals surface area contributed by atoms with Gasteiger partial charge >= 0.3 is 0 Å². The topological polar surface area (TPSA) is 54.4 Å². The lowest BCUT2D eigenvalue weighted by Gasteiger charge is -2.19. The molecule has 5 nitrogen and oxygen atoms in total. The molecule has 3 heterocycles. The zero-order valence-corrected chi connectivity index (χ0v) is 14.7. The maximum absolute atomic E-state index is 6.11. The highest BCUT2D eigenvalue weighted by Crippen LogP contribution is 2.37. The van der Waals surface area contributed by atoms with E-state index in [0.717, 1.165) is 52.0 Å². The highest BCUT2D eigenvalue weighted by Gasteiger charge is 2.17. The number of nitrogens with zero attached hydrogens (tertiary/aromatic N) is 2. The fourth-order valence-electron chi connectivity index (χ4n) is 3.03. The Morgan fingerprint density at radius 2 is 1.92 bits per heavy atom. The second kappa shape index (κ2) is 6.26. The summed E-state index contributed by atoms with van der Waals surface area (Å²) in [5.41, 5.74) is 4.97. The van der Waals surface area contributed by atoms with E-state index in [1.807, 2.05) is 32.2 Å². The number of allylic oxidation sites excluding steroid dienone is 1. The number of fused-ring (bicyclic) bond motifs is 5. The fourth-order valence-corrected chi connectivity index (χ4v) is 3.03. The van der Waals surface area contributed by atoms with Crippen LogP contribution in [0.2, 0.25) is 0 Å². The van der Waals surface area contributed by atoms with Gasteiger partial charge in [0.1, 0.15) is 5.58 Å². The third-order valence-corrected chi connectivity index (χ3v) is 4.25. The number of furan rings is 2. The summed E-state index contributed by atoms with van der Waals surface area (Å²) in [6, 6.07) is 10.2. The maximum atomic E-state index is 6.11. The molecule has 0 radical (unpaired) electrons. The number of aromatic nitrogens is 1.